The van der Waals surface area contributed by atoms with Gasteiger partial charge in [0.2, 0.25) is 11.8 Å². The fourth-order valence-electron chi connectivity index (χ4n) is 3.77. The first-order valence-corrected chi connectivity index (χ1v) is 14.8. The van der Waals surface area contributed by atoms with E-state index in [1.165, 1.54) is 0 Å². The number of alkyl halides is 1. The molecule has 0 bridgehead atoms. The summed E-state index contributed by atoms with van der Waals surface area (Å²) in [5, 5.41) is 12.1. The summed E-state index contributed by atoms with van der Waals surface area (Å²) in [7, 11) is 0. The number of nitrogens with zero attached hydrogens (tertiary/aromatic N) is 3. The molecule has 1 aromatic carbocycles. The molecule has 2 unspecified atom stereocenters. The largest absolute Gasteiger partial charge is 0.379 e. The van der Waals surface area contributed by atoms with Gasteiger partial charge < -0.3 is 35.9 Å². The van der Waals surface area contributed by atoms with E-state index in [9.17, 15) is 19.2 Å². The quantitative estimate of drug-likeness (QED) is 0.0455. The number of nitrogens with one attached hydrogen (secondary N) is 3. The Morgan fingerprint density at radius 2 is 1.67 bits per heavy atom. The van der Waals surface area contributed by atoms with Crippen molar-refractivity contribution in [2.24, 2.45) is 22.7 Å². The zero-order valence-corrected chi connectivity index (χ0v) is 25.8. The molecule has 42 heavy (non-hydrogen) atoms. The molecule has 14 nitrogen and oxygen atoms in total. The van der Waals surface area contributed by atoms with Crippen LogP contribution in [0.2, 0.25) is 0 Å². The lowest BCUT2D eigenvalue weighted by molar-refractivity contribution is -0.133. The minimum absolute atomic E-state index is 0.0926. The average molecular weight is 657 g/mol. The number of hydrogen-bond donors (Lipinski definition) is 4. The number of Topliss-reactive ketones (excluding diaryl/α,β-unsaturated/α-hetero) is 1. The molecule has 0 aliphatic carbocycles. The summed E-state index contributed by atoms with van der Waals surface area (Å²) in [4.78, 5) is 52.6. The molecular formula is C27H42BrN7O7. The summed E-state index contributed by atoms with van der Waals surface area (Å²) in [6.45, 7) is 5.28. The Labute approximate surface area is 254 Å². The second-order valence-corrected chi connectivity index (χ2v) is 10.2. The molecule has 0 aromatic heterocycles. The van der Waals surface area contributed by atoms with Crippen molar-refractivity contribution in [3.63, 3.8) is 0 Å². The molecule has 1 rings (SSSR count). The van der Waals surface area contributed by atoms with Crippen molar-refractivity contribution >= 4 is 45.2 Å². The third kappa shape index (κ3) is 16.9. The summed E-state index contributed by atoms with van der Waals surface area (Å²) >= 11 is 3.39. The fraction of sp³-hybridized carbons (Fsp3) is 0.630. The van der Waals surface area contributed by atoms with Gasteiger partial charge in [-0.2, -0.15) is 0 Å². The van der Waals surface area contributed by atoms with Crippen molar-refractivity contribution in [1.82, 2.24) is 10.6 Å². The van der Waals surface area contributed by atoms with E-state index in [1.54, 1.807) is 12.1 Å². The molecule has 0 aliphatic heterocycles. The monoisotopic (exact) mass is 655 g/mol. The number of carbonyl (C=O) groups excluding carboxylic acids is 4. The number of primary amides is 1. The van der Waals surface area contributed by atoms with E-state index < -0.39 is 23.9 Å². The molecule has 0 heterocycles. The highest BCUT2D eigenvalue weighted by atomic mass is 79.9. The fourth-order valence-corrected chi connectivity index (χ4v) is 4.14. The van der Waals surface area contributed by atoms with E-state index in [-0.39, 0.29) is 56.9 Å². The highest BCUT2D eigenvalue weighted by molar-refractivity contribution is 9.08. The normalized spacial score (nSPS) is 12.2. The van der Waals surface area contributed by atoms with Gasteiger partial charge in [0.05, 0.1) is 39.1 Å². The third-order valence-electron chi connectivity index (χ3n) is 5.93. The van der Waals surface area contributed by atoms with E-state index in [0.717, 1.165) is 5.56 Å². The van der Waals surface area contributed by atoms with Crippen LogP contribution in [0.15, 0.2) is 29.4 Å². The molecular weight excluding hydrogens is 614 g/mol. The highest BCUT2D eigenvalue weighted by Gasteiger charge is 2.29. The van der Waals surface area contributed by atoms with Crippen LogP contribution in [0.4, 0.5) is 10.5 Å². The Morgan fingerprint density at radius 1 is 1.02 bits per heavy atom. The van der Waals surface area contributed by atoms with E-state index >= 15 is 0 Å². The number of urea groups is 1. The molecule has 1 aromatic rings. The summed E-state index contributed by atoms with van der Waals surface area (Å²) in [6.07, 6.45) is 0.677. The minimum atomic E-state index is -0.808. The Kier molecular flexibility index (Phi) is 19.6. The molecule has 15 heteroatoms. The highest BCUT2D eigenvalue weighted by Crippen LogP contribution is 2.19. The Morgan fingerprint density at radius 3 is 2.26 bits per heavy atom. The van der Waals surface area contributed by atoms with Crippen molar-refractivity contribution in [3.8, 4) is 0 Å². The van der Waals surface area contributed by atoms with Crippen LogP contribution in [-0.4, -0.2) is 82.4 Å². The van der Waals surface area contributed by atoms with Crippen LogP contribution in [0, 0.1) is 11.8 Å². The van der Waals surface area contributed by atoms with Gasteiger partial charge in [-0.25, -0.2) is 4.79 Å². The number of nitrogens with two attached hydrogens (primary N) is 1. The predicted molar refractivity (Wildman–Crippen MR) is 161 cm³/mol. The Balaban J connectivity index is 2.60. The second kappa shape index (κ2) is 22.4. The standard InChI is InChI=1S/C27H42BrN7O7/c1-19(2)25(34-24(37)18-42-15-14-41-13-12-40-11-10-32-35-30)23(36)16-21(4-3-9-31-27(29)39)26(38)33-22-7-5-20(17-28)6-8-22/h5-8,19,21,25H,3-4,9-18H2,1-2H3,(H,33,38)(H,34,37)(H3,29,31,39). The van der Waals surface area contributed by atoms with Crippen LogP contribution < -0.4 is 21.7 Å². The summed E-state index contributed by atoms with van der Waals surface area (Å²) in [5.41, 5.74) is 15.0. The number of halogens is 1. The van der Waals surface area contributed by atoms with Gasteiger partial charge in [-0.1, -0.05) is 47.0 Å². The number of amides is 4. The van der Waals surface area contributed by atoms with Gasteiger partial charge in [0, 0.05) is 41.4 Å². The molecule has 0 saturated carbocycles. The van der Waals surface area contributed by atoms with Gasteiger partial charge in [-0.15, -0.1) is 0 Å². The number of hydrogen-bond acceptors (Lipinski definition) is 8. The van der Waals surface area contributed by atoms with Crippen molar-refractivity contribution in [3.05, 3.63) is 40.3 Å². The van der Waals surface area contributed by atoms with Gasteiger partial charge in [0.15, 0.2) is 5.78 Å². The van der Waals surface area contributed by atoms with Crippen LogP contribution in [0.3, 0.4) is 0 Å². The molecule has 5 N–H and O–H groups in total. The van der Waals surface area contributed by atoms with Crippen molar-refractivity contribution < 1.29 is 33.4 Å². The minimum Gasteiger partial charge on any atom is -0.379 e. The molecule has 0 radical (unpaired) electrons. The molecule has 0 spiro atoms. The van der Waals surface area contributed by atoms with E-state index in [1.807, 2.05) is 26.0 Å². The lowest BCUT2D eigenvalue weighted by atomic mass is 9.89. The third-order valence-corrected chi connectivity index (χ3v) is 6.58. The van der Waals surface area contributed by atoms with Crippen LogP contribution in [0.1, 0.15) is 38.7 Å². The van der Waals surface area contributed by atoms with Crippen molar-refractivity contribution in [2.75, 3.05) is 58.0 Å². The predicted octanol–water partition coefficient (Wildman–Crippen LogP) is 3.04. The number of anilines is 1. The maximum Gasteiger partial charge on any atom is 0.312 e. The lowest BCUT2D eigenvalue weighted by Gasteiger charge is -2.24. The van der Waals surface area contributed by atoms with Gasteiger partial charge in [-0.3, -0.25) is 14.4 Å². The van der Waals surface area contributed by atoms with Gasteiger partial charge in [0.1, 0.15) is 6.61 Å². The first-order valence-electron chi connectivity index (χ1n) is 13.7. The molecule has 0 saturated heterocycles. The Hall–Kier alpha value is -3.23. The number of carbonyl (C=O) groups is 4. The van der Waals surface area contributed by atoms with Crippen LogP contribution >= 0.6 is 15.9 Å². The number of azide groups is 1. The molecule has 2 atom stereocenters. The average Bonchev–Trinajstić information content (AvgIpc) is 2.96. The van der Waals surface area contributed by atoms with Crippen LogP contribution in [0.25, 0.3) is 10.4 Å². The van der Waals surface area contributed by atoms with Gasteiger partial charge >= 0.3 is 6.03 Å². The molecule has 0 fully saturated rings. The van der Waals surface area contributed by atoms with Crippen LogP contribution in [-0.2, 0) is 33.9 Å². The van der Waals surface area contributed by atoms with Crippen LogP contribution in [0.5, 0.6) is 0 Å². The first kappa shape index (κ1) is 36.8. The van der Waals surface area contributed by atoms with Crippen molar-refractivity contribution in [2.45, 2.75) is 44.5 Å². The lowest BCUT2D eigenvalue weighted by Crippen LogP contribution is -2.47. The summed E-state index contributed by atoms with van der Waals surface area (Å²) in [6, 6.07) is 5.86. The first-order chi connectivity index (χ1) is 20.2. The van der Waals surface area contributed by atoms with E-state index in [0.29, 0.717) is 43.7 Å². The number of ether oxygens (including phenoxy) is 3. The van der Waals surface area contributed by atoms with E-state index in [4.69, 9.17) is 25.5 Å². The topological polar surface area (TPSA) is 207 Å². The smallest absolute Gasteiger partial charge is 0.312 e. The summed E-state index contributed by atoms with van der Waals surface area (Å²) < 4.78 is 15.9. The zero-order chi connectivity index (χ0) is 31.2. The molecule has 234 valence electrons. The summed E-state index contributed by atoms with van der Waals surface area (Å²) in [5.74, 6) is -1.97. The van der Waals surface area contributed by atoms with Gasteiger partial charge in [0.25, 0.3) is 0 Å². The number of benzene rings is 1. The number of ketones is 1. The Bertz CT molecular complexity index is 1020. The zero-order valence-electron chi connectivity index (χ0n) is 24.2. The van der Waals surface area contributed by atoms with Crippen molar-refractivity contribution in [1.29, 1.82) is 0 Å². The SMILES string of the molecule is CC(C)C(NC(=O)COCCOCCOCCN=[N+]=[N-])C(=O)CC(CCCNC(N)=O)C(=O)Nc1ccc(CBr)cc1. The maximum atomic E-state index is 13.3. The van der Waals surface area contributed by atoms with E-state index in [2.05, 4.69) is 41.9 Å². The molecule has 0 aliphatic rings. The number of rotatable bonds is 23. The maximum absolute atomic E-state index is 13.3. The second-order valence-electron chi connectivity index (χ2n) is 9.64. The molecule has 4 amide bonds. The van der Waals surface area contributed by atoms with Gasteiger partial charge in [-0.05, 0) is 42.0 Å².